The van der Waals surface area contributed by atoms with Crippen LogP contribution in [0.2, 0.25) is 0 Å². The zero-order chi connectivity index (χ0) is 15.0. The average molecular weight is 348 g/mol. The van der Waals surface area contributed by atoms with Gasteiger partial charge in [0.05, 0.1) is 18.8 Å². The molecule has 3 nitrogen and oxygen atoms in total. The molecular formula is C17H18BrNO2. The molecule has 1 N–H and O–H groups in total. The first-order valence-electron chi connectivity index (χ1n) is 6.89. The van der Waals surface area contributed by atoms with Gasteiger partial charge in [-0.15, -0.1) is 0 Å². The summed E-state index contributed by atoms with van der Waals surface area (Å²) in [6.45, 7) is 4.18. The highest BCUT2D eigenvalue weighted by Crippen LogP contribution is 2.45. The average Bonchev–Trinajstić information content (AvgIpc) is 2.70. The smallest absolute Gasteiger partial charge is 0.142 e. The van der Waals surface area contributed by atoms with Gasteiger partial charge in [-0.25, -0.2) is 0 Å². The summed E-state index contributed by atoms with van der Waals surface area (Å²) < 4.78 is 12.5. The number of rotatable bonds is 3. The molecule has 0 radical (unpaired) electrons. The van der Waals surface area contributed by atoms with Crippen molar-refractivity contribution in [2.75, 3.05) is 12.4 Å². The summed E-state index contributed by atoms with van der Waals surface area (Å²) in [5.74, 6) is 1.76. The lowest BCUT2D eigenvalue weighted by Gasteiger charge is -2.28. The summed E-state index contributed by atoms with van der Waals surface area (Å²) in [6.07, 6.45) is 0. The first-order valence-corrected chi connectivity index (χ1v) is 7.68. The number of ether oxygens (including phenoxy) is 2. The van der Waals surface area contributed by atoms with Gasteiger partial charge in [0.1, 0.15) is 17.1 Å². The molecule has 1 heterocycles. The molecule has 1 aliphatic heterocycles. The standard InChI is InChI=1S/C17H18BrNO2/c1-17(2)16(12-6-4-5-7-14(12)21-17)19-13-10-11(18)8-9-15(13)20-3/h4-10,16,19H,1-3H3. The van der Waals surface area contributed by atoms with Crippen LogP contribution in [0.25, 0.3) is 0 Å². The largest absolute Gasteiger partial charge is 0.495 e. The van der Waals surface area contributed by atoms with Crippen LogP contribution in [-0.2, 0) is 0 Å². The van der Waals surface area contributed by atoms with Gasteiger partial charge < -0.3 is 14.8 Å². The van der Waals surface area contributed by atoms with Crippen LogP contribution < -0.4 is 14.8 Å². The second-order valence-corrected chi connectivity index (χ2v) is 6.58. The predicted octanol–water partition coefficient (Wildman–Crippen LogP) is 4.78. The van der Waals surface area contributed by atoms with E-state index in [4.69, 9.17) is 9.47 Å². The fraction of sp³-hybridized carbons (Fsp3) is 0.294. The second kappa shape index (κ2) is 5.26. The Balaban J connectivity index is 1.99. The normalized spacial score (nSPS) is 18.8. The molecule has 0 saturated heterocycles. The topological polar surface area (TPSA) is 30.5 Å². The molecule has 21 heavy (non-hydrogen) atoms. The van der Waals surface area contributed by atoms with Gasteiger partial charge in [0.25, 0.3) is 0 Å². The molecule has 2 aromatic rings. The number of hydrogen-bond donors (Lipinski definition) is 1. The highest BCUT2D eigenvalue weighted by atomic mass is 79.9. The third kappa shape index (κ3) is 2.60. The Morgan fingerprint density at radius 1 is 1.19 bits per heavy atom. The summed E-state index contributed by atoms with van der Waals surface area (Å²) in [7, 11) is 1.68. The number of benzene rings is 2. The van der Waals surface area contributed by atoms with Crippen LogP contribution >= 0.6 is 15.9 Å². The number of methoxy groups -OCH3 is 1. The quantitative estimate of drug-likeness (QED) is 0.866. The molecule has 0 spiro atoms. The molecular weight excluding hydrogens is 330 g/mol. The first-order chi connectivity index (χ1) is 10.0. The maximum Gasteiger partial charge on any atom is 0.142 e. The van der Waals surface area contributed by atoms with Crippen LogP contribution in [0.1, 0.15) is 25.5 Å². The lowest BCUT2D eigenvalue weighted by atomic mass is 9.94. The van der Waals surface area contributed by atoms with Crippen molar-refractivity contribution >= 4 is 21.6 Å². The molecule has 0 amide bonds. The van der Waals surface area contributed by atoms with Crippen LogP contribution in [0.4, 0.5) is 5.69 Å². The summed E-state index contributed by atoms with van der Waals surface area (Å²) >= 11 is 3.51. The molecule has 1 aliphatic rings. The highest BCUT2D eigenvalue weighted by Gasteiger charge is 2.41. The van der Waals surface area contributed by atoms with Crippen molar-refractivity contribution in [3.05, 3.63) is 52.5 Å². The molecule has 0 saturated carbocycles. The Bertz CT molecular complexity index is 670. The SMILES string of the molecule is COc1ccc(Br)cc1NC1c2ccccc2OC1(C)C. The fourth-order valence-electron chi connectivity index (χ4n) is 2.73. The summed E-state index contributed by atoms with van der Waals surface area (Å²) in [5.41, 5.74) is 1.80. The fourth-order valence-corrected chi connectivity index (χ4v) is 3.09. The maximum absolute atomic E-state index is 6.07. The third-order valence-corrected chi connectivity index (χ3v) is 4.25. The van der Waals surface area contributed by atoms with Crippen molar-refractivity contribution in [3.8, 4) is 11.5 Å². The lowest BCUT2D eigenvalue weighted by molar-refractivity contribution is 0.118. The van der Waals surface area contributed by atoms with E-state index in [0.717, 1.165) is 21.7 Å². The van der Waals surface area contributed by atoms with E-state index in [1.807, 2.05) is 36.4 Å². The van der Waals surface area contributed by atoms with Gasteiger partial charge in [-0.1, -0.05) is 34.1 Å². The Labute approximate surface area is 133 Å². The van der Waals surface area contributed by atoms with Crippen LogP contribution in [-0.4, -0.2) is 12.7 Å². The predicted molar refractivity (Wildman–Crippen MR) is 88.2 cm³/mol. The second-order valence-electron chi connectivity index (χ2n) is 5.67. The van der Waals surface area contributed by atoms with E-state index in [0.29, 0.717) is 0 Å². The zero-order valence-electron chi connectivity index (χ0n) is 12.3. The third-order valence-electron chi connectivity index (χ3n) is 3.76. The number of fused-ring (bicyclic) bond motifs is 1. The van der Waals surface area contributed by atoms with Crippen molar-refractivity contribution in [2.45, 2.75) is 25.5 Å². The Morgan fingerprint density at radius 3 is 2.71 bits per heavy atom. The Kier molecular flexibility index (Phi) is 3.57. The molecule has 1 atom stereocenters. The Hall–Kier alpha value is -1.68. The van der Waals surface area contributed by atoms with E-state index in [9.17, 15) is 0 Å². The van der Waals surface area contributed by atoms with Gasteiger partial charge in [0, 0.05) is 10.0 Å². The minimum absolute atomic E-state index is 0.0666. The molecule has 0 aliphatic carbocycles. The van der Waals surface area contributed by atoms with Gasteiger partial charge in [-0.2, -0.15) is 0 Å². The van der Waals surface area contributed by atoms with Crippen molar-refractivity contribution < 1.29 is 9.47 Å². The zero-order valence-corrected chi connectivity index (χ0v) is 13.9. The molecule has 4 heteroatoms. The monoisotopic (exact) mass is 347 g/mol. The summed E-state index contributed by atoms with van der Waals surface area (Å²) in [6, 6.07) is 14.2. The molecule has 0 aromatic heterocycles. The van der Waals surface area contributed by atoms with Crippen LogP contribution in [0.15, 0.2) is 46.9 Å². The van der Waals surface area contributed by atoms with Gasteiger partial charge in [-0.05, 0) is 38.1 Å². The van der Waals surface area contributed by atoms with E-state index in [2.05, 4.69) is 41.2 Å². The number of nitrogens with one attached hydrogen (secondary N) is 1. The summed E-state index contributed by atoms with van der Waals surface area (Å²) in [5, 5.41) is 3.57. The van der Waals surface area contributed by atoms with Crippen LogP contribution in [0.3, 0.4) is 0 Å². The van der Waals surface area contributed by atoms with Crippen molar-refractivity contribution in [1.29, 1.82) is 0 Å². The van der Waals surface area contributed by atoms with Crippen molar-refractivity contribution in [2.24, 2.45) is 0 Å². The summed E-state index contributed by atoms with van der Waals surface area (Å²) in [4.78, 5) is 0. The van der Waals surface area contributed by atoms with E-state index < -0.39 is 0 Å². The number of halogens is 1. The van der Waals surface area contributed by atoms with E-state index in [1.54, 1.807) is 7.11 Å². The number of hydrogen-bond acceptors (Lipinski definition) is 3. The molecule has 0 fully saturated rings. The van der Waals surface area contributed by atoms with Gasteiger partial charge in [0.15, 0.2) is 0 Å². The van der Waals surface area contributed by atoms with Crippen molar-refractivity contribution in [3.63, 3.8) is 0 Å². The highest BCUT2D eigenvalue weighted by molar-refractivity contribution is 9.10. The molecule has 0 bridgehead atoms. The number of para-hydroxylation sites is 1. The van der Waals surface area contributed by atoms with E-state index in [-0.39, 0.29) is 11.6 Å². The lowest BCUT2D eigenvalue weighted by Crippen LogP contribution is -2.34. The van der Waals surface area contributed by atoms with E-state index >= 15 is 0 Å². The molecule has 110 valence electrons. The van der Waals surface area contributed by atoms with Crippen LogP contribution in [0, 0.1) is 0 Å². The number of anilines is 1. The first kappa shape index (κ1) is 14.3. The molecule has 3 rings (SSSR count). The molecule has 1 unspecified atom stereocenters. The van der Waals surface area contributed by atoms with Crippen LogP contribution in [0.5, 0.6) is 11.5 Å². The van der Waals surface area contributed by atoms with Gasteiger partial charge in [-0.3, -0.25) is 0 Å². The van der Waals surface area contributed by atoms with Crippen molar-refractivity contribution in [1.82, 2.24) is 0 Å². The van der Waals surface area contributed by atoms with Gasteiger partial charge >= 0.3 is 0 Å². The minimum atomic E-state index is -0.322. The van der Waals surface area contributed by atoms with E-state index in [1.165, 1.54) is 5.56 Å². The molecule has 2 aromatic carbocycles. The van der Waals surface area contributed by atoms with Gasteiger partial charge in [0.2, 0.25) is 0 Å². The maximum atomic E-state index is 6.07. The minimum Gasteiger partial charge on any atom is -0.495 e. The Morgan fingerprint density at radius 2 is 1.95 bits per heavy atom.